The molecule has 1 aromatic carbocycles. The lowest BCUT2D eigenvalue weighted by Gasteiger charge is -2.11. The molecule has 0 atom stereocenters. The number of carbonyl (C=O) groups is 2. The molecule has 0 fully saturated rings. The van der Waals surface area contributed by atoms with E-state index in [1.807, 2.05) is 6.92 Å². The molecule has 1 rings (SSSR count). The van der Waals surface area contributed by atoms with Gasteiger partial charge in [0.2, 0.25) is 11.8 Å². The molecule has 0 saturated carbocycles. The van der Waals surface area contributed by atoms with Gasteiger partial charge in [-0.1, -0.05) is 13.3 Å². The second-order valence-electron chi connectivity index (χ2n) is 3.82. The minimum Gasteiger partial charge on any atom is -0.366 e. The summed E-state index contributed by atoms with van der Waals surface area (Å²) in [7, 11) is 0. The Labute approximate surface area is 94.6 Å². The molecule has 16 heavy (non-hydrogen) atoms. The van der Waals surface area contributed by atoms with Crippen molar-refractivity contribution in [3.63, 3.8) is 0 Å². The Bertz CT molecular complexity index is 404. The molecule has 2 amide bonds. The molecule has 86 valence electrons. The molecule has 0 saturated heterocycles. The van der Waals surface area contributed by atoms with Crippen LogP contribution < -0.4 is 11.5 Å². The van der Waals surface area contributed by atoms with Crippen molar-refractivity contribution >= 4 is 11.8 Å². The number of aryl methyl sites for hydroxylation is 1. The Kier molecular flexibility index (Phi) is 3.66. The summed E-state index contributed by atoms with van der Waals surface area (Å²) in [5, 5.41) is 0. The quantitative estimate of drug-likeness (QED) is 0.797. The number of amides is 2. The minimum atomic E-state index is -0.519. The van der Waals surface area contributed by atoms with Gasteiger partial charge >= 0.3 is 0 Å². The fourth-order valence-electron chi connectivity index (χ4n) is 1.78. The SMILES string of the molecule is CCCc1c(C(N)=O)cc(C)cc1C(N)=O. The van der Waals surface area contributed by atoms with Crippen LogP contribution in [-0.2, 0) is 6.42 Å². The summed E-state index contributed by atoms with van der Waals surface area (Å²) in [6.07, 6.45) is 1.44. The number of hydrogen-bond acceptors (Lipinski definition) is 2. The van der Waals surface area contributed by atoms with Crippen LogP contribution in [0.4, 0.5) is 0 Å². The van der Waals surface area contributed by atoms with Crippen LogP contribution in [0.25, 0.3) is 0 Å². The Morgan fingerprint density at radius 2 is 1.56 bits per heavy atom. The second kappa shape index (κ2) is 4.79. The van der Waals surface area contributed by atoms with E-state index in [-0.39, 0.29) is 0 Å². The molecule has 0 aromatic heterocycles. The van der Waals surface area contributed by atoms with Crippen LogP contribution in [0.2, 0.25) is 0 Å². The van der Waals surface area contributed by atoms with Crippen LogP contribution in [0.5, 0.6) is 0 Å². The maximum absolute atomic E-state index is 11.3. The molecule has 0 unspecified atom stereocenters. The third-order valence-corrected chi connectivity index (χ3v) is 2.43. The highest BCUT2D eigenvalue weighted by molar-refractivity contribution is 6.01. The van der Waals surface area contributed by atoms with Gasteiger partial charge in [-0.25, -0.2) is 0 Å². The van der Waals surface area contributed by atoms with E-state index < -0.39 is 11.8 Å². The van der Waals surface area contributed by atoms with Crippen molar-refractivity contribution in [3.05, 3.63) is 34.4 Å². The number of hydrogen-bond donors (Lipinski definition) is 2. The van der Waals surface area contributed by atoms with Crippen molar-refractivity contribution in [1.82, 2.24) is 0 Å². The molecular formula is C12H16N2O2. The summed E-state index contributed by atoms with van der Waals surface area (Å²) in [6.45, 7) is 3.77. The third kappa shape index (κ3) is 2.39. The van der Waals surface area contributed by atoms with Crippen LogP contribution >= 0.6 is 0 Å². The number of nitrogens with two attached hydrogens (primary N) is 2. The lowest BCUT2D eigenvalue weighted by molar-refractivity contribution is 0.0999. The molecule has 0 spiro atoms. The van der Waals surface area contributed by atoms with Gasteiger partial charge in [0, 0.05) is 11.1 Å². The molecule has 0 radical (unpaired) electrons. The lowest BCUT2D eigenvalue weighted by atomic mass is 9.94. The molecule has 0 aliphatic heterocycles. The fourth-order valence-corrected chi connectivity index (χ4v) is 1.78. The fraction of sp³-hybridized carbons (Fsp3) is 0.333. The van der Waals surface area contributed by atoms with Gasteiger partial charge < -0.3 is 11.5 Å². The first-order chi connectivity index (χ1) is 7.47. The van der Waals surface area contributed by atoms with E-state index in [1.54, 1.807) is 19.1 Å². The summed E-state index contributed by atoms with van der Waals surface area (Å²) in [4.78, 5) is 22.6. The Hall–Kier alpha value is -1.84. The molecule has 4 nitrogen and oxygen atoms in total. The van der Waals surface area contributed by atoms with Crippen molar-refractivity contribution in [2.24, 2.45) is 11.5 Å². The molecule has 1 aromatic rings. The van der Waals surface area contributed by atoms with Gasteiger partial charge in [-0.15, -0.1) is 0 Å². The van der Waals surface area contributed by atoms with E-state index in [4.69, 9.17) is 11.5 Å². The van der Waals surface area contributed by atoms with Crippen LogP contribution in [-0.4, -0.2) is 11.8 Å². The number of benzene rings is 1. The summed E-state index contributed by atoms with van der Waals surface area (Å²) < 4.78 is 0. The van der Waals surface area contributed by atoms with Crippen molar-refractivity contribution in [1.29, 1.82) is 0 Å². The maximum Gasteiger partial charge on any atom is 0.249 e. The van der Waals surface area contributed by atoms with E-state index in [0.717, 1.165) is 12.0 Å². The number of rotatable bonds is 4. The first-order valence-corrected chi connectivity index (χ1v) is 5.20. The Balaban J connectivity index is 3.47. The molecular weight excluding hydrogens is 204 g/mol. The summed E-state index contributed by atoms with van der Waals surface area (Å²) in [6, 6.07) is 3.39. The van der Waals surface area contributed by atoms with Gasteiger partial charge in [-0.2, -0.15) is 0 Å². The van der Waals surface area contributed by atoms with Gasteiger partial charge in [0.1, 0.15) is 0 Å². The van der Waals surface area contributed by atoms with Crippen molar-refractivity contribution in [2.45, 2.75) is 26.7 Å². The minimum absolute atomic E-state index is 0.399. The topological polar surface area (TPSA) is 86.2 Å². The summed E-state index contributed by atoms with van der Waals surface area (Å²) in [5.74, 6) is -1.04. The zero-order valence-corrected chi connectivity index (χ0v) is 9.54. The number of primary amides is 2. The standard InChI is InChI=1S/C12H16N2O2/c1-3-4-8-9(11(13)15)5-7(2)6-10(8)12(14)16/h5-6H,3-4H2,1-2H3,(H2,13,15)(H2,14,16). The smallest absolute Gasteiger partial charge is 0.249 e. The monoisotopic (exact) mass is 220 g/mol. The molecule has 0 aliphatic carbocycles. The van der Waals surface area contributed by atoms with Crippen molar-refractivity contribution < 1.29 is 9.59 Å². The first kappa shape index (κ1) is 12.2. The average molecular weight is 220 g/mol. The summed E-state index contributed by atoms with van der Waals surface area (Å²) >= 11 is 0. The predicted molar refractivity (Wildman–Crippen MR) is 62.2 cm³/mol. The van der Waals surface area contributed by atoms with E-state index >= 15 is 0 Å². The maximum atomic E-state index is 11.3. The second-order valence-corrected chi connectivity index (χ2v) is 3.82. The third-order valence-electron chi connectivity index (χ3n) is 2.43. The van der Waals surface area contributed by atoms with Crippen molar-refractivity contribution in [2.75, 3.05) is 0 Å². The van der Waals surface area contributed by atoms with Gasteiger partial charge in [0.25, 0.3) is 0 Å². The molecule has 0 bridgehead atoms. The van der Waals surface area contributed by atoms with E-state index in [1.165, 1.54) is 0 Å². The van der Waals surface area contributed by atoms with E-state index in [0.29, 0.717) is 23.1 Å². The molecule has 0 aliphatic rings. The van der Waals surface area contributed by atoms with Crippen LogP contribution in [0.3, 0.4) is 0 Å². The number of carbonyl (C=O) groups excluding carboxylic acids is 2. The largest absolute Gasteiger partial charge is 0.366 e. The highest BCUT2D eigenvalue weighted by Gasteiger charge is 2.16. The normalized spacial score (nSPS) is 10.1. The van der Waals surface area contributed by atoms with E-state index in [2.05, 4.69) is 0 Å². The van der Waals surface area contributed by atoms with Crippen LogP contribution in [0, 0.1) is 6.92 Å². The van der Waals surface area contributed by atoms with Gasteiger partial charge in [-0.3, -0.25) is 9.59 Å². The van der Waals surface area contributed by atoms with Gasteiger partial charge in [0.05, 0.1) is 0 Å². The van der Waals surface area contributed by atoms with Crippen LogP contribution in [0.15, 0.2) is 12.1 Å². The lowest BCUT2D eigenvalue weighted by Crippen LogP contribution is -2.20. The zero-order valence-electron chi connectivity index (χ0n) is 9.54. The average Bonchev–Trinajstić information content (AvgIpc) is 2.19. The first-order valence-electron chi connectivity index (χ1n) is 5.20. The Morgan fingerprint density at radius 3 is 1.88 bits per heavy atom. The van der Waals surface area contributed by atoms with Gasteiger partial charge in [0.15, 0.2) is 0 Å². The predicted octanol–water partition coefficient (Wildman–Crippen LogP) is 1.15. The molecule has 0 heterocycles. The zero-order chi connectivity index (χ0) is 12.3. The van der Waals surface area contributed by atoms with Crippen LogP contribution in [0.1, 0.15) is 45.2 Å². The van der Waals surface area contributed by atoms with E-state index in [9.17, 15) is 9.59 Å². The summed E-state index contributed by atoms with van der Waals surface area (Å²) in [5.41, 5.74) is 12.8. The van der Waals surface area contributed by atoms with Crippen molar-refractivity contribution in [3.8, 4) is 0 Å². The van der Waals surface area contributed by atoms with Gasteiger partial charge in [-0.05, 0) is 36.6 Å². The Morgan fingerprint density at radius 1 is 1.12 bits per heavy atom. The molecule has 4 N–H and O–H groups in total. The highest BCUT2D eigenvalue weighted by atomic mass is 16.1. The molecule has 4 heteroatoms. The highest BCUT2D eigenvalue weighted by Crippen LogP contribution is 2.19.